The van der Waals surface area contributed by atoms with Gasteiger partial charge in [-0.1, -0.05) is 0 Å². The van der Waals surface area contributed by atoms with Gasteiger partial charge in [0.1, 0.15) is 10.1 Å². The van der Waals surface area contributed by atoms with Gasteiger partial charge in [-0.2, -0.15) is 0 Å². The molecule has 2 aromatic heterocycles. The van der Waals surface area contributed by atoms with E-state index in [1.54, 1.807) is 12.1 Å². The van der Waals surface area contributed by atoms with Gasteiger partial charge in [0.2, 0.25) is 0 Å². The van der Waals surface area contributed by atoms with Gasteiger partial charge in [-0.05, 0) is 45.9 Å². The number of hydrogen-bond acceptors (Lipinski definition) is 8. The second kappa shape index (κ2) is 9.00. The topological polar surface area (TPSA) is 170 Å². The molecule has 0 aliphatic carbocycles. The molecule has 0 spiro atoms. The molecule has 0 atom stereocenters. The predicted molar refractivity (Wildman–Crippen MR) is 84.2 cm³/mol. The first-order valence-corrected chi connectivity index (χ1v) is 7.44. The lowest BCUT2D eigenvalue weighted by Crippen LogP contribution is -1.96. The zero-order valence-corrected chi connectivity index (χ0v) is 12.9. The number of nitrogens with zero attached hydrogens (tertiary/aromatic N) is 2. The number of hydrogen-bond donors (Lipinski definition) is 4. The van der Waals surface area contributed by atoms with Crippen LogP contribution < -0.4 is 12.3 Å². The van der Waals surface area contributed by atoms with E-state index in [1.807, 2.05) is 0 Å². The summed E-state index contributed by atoms with van der Waals surface area (Å²) in [6.07, 6.45) is 2.57. The van der Waals surface area contributed by atoms with Crippen molar-refractivity contribution in [1.82, 2.24) is 22.3 Å². The molecule has 2 aromatic rings. The normalized spacial score (nSPS) is 9.27. The Labute approximate surface area is 133 Å². The molecule has 8 N–H and O–H groups in total. The molecular weight excluding hydrogens is 328 g/mol. The van der Waals surface area contributed by atoms with Crippen LogP contribution in [0.25, 0.3) is 0 Å². The van der Waals surface area contributed by atoms with Gasteiger partial charge in [-0.25, -0.2) is 19.6 Å². The van der Waals surface area contributed by atoms with Crippen molar-refractivity contribution in [2.75, 3.05) is 0 Å². The fourth-order valence-electron chi connectivity index (χ4n) is 1.20. The average Bonchev–Trinajstić information content (AvgIpc) is 2.46. The van der Waals surface area contributed by atoms with E-state index < -0.39 is 11.9 Å². The quantitative estimate of drug-likeness (QED) is 0.592. The molecule has 22 heavy (non-hydrogen) atoms. The largest absolute Gasteiger partial charge is 0.478 e. The fraction of sp³-hybridized carbons (Fsp3) is 0. The average molecular weight is 342 g/mol. The summed E-state index contributed by atoms with van der Waals surface area (Å²) in [6.45, 7) is 0. The van der Waals surface area contributed by atoms with E-state index in [2.05, 4.69) is 9.97 Å². The standard InChI is InChI=1S/C12H8N2O4S2.2H3N/c15-11(16)7-1-3-9(13-5-7)19-20-10-4-2-8(6-14-10)12(17)18;;/h1-6H,(H,15,16)(H,17,18);2*1H3. The van der Waals surface area contributed by atoms with Crippen molar-refractivity contribution in [3.8, 4) is 0 Å². The van der Waals surface area contributed by atoms with Crippen LogP contribution in [0.3, 0.4) is 0 Å². The SMILES string of the molecule is N.N.O=C(O)c1ccc(SSc2ccc(C(=O)O)cn2)nc1. The summed E-state index contributed by atoms with van der Waals surface area (Å²) in [5, 5.41) is 18.8. The fourth-order valence-corrected chi connectivity index (χ4v) is 2.91. The molecule has 0 saturated heterocycles. The van der Waals surface area contributed by atoms with Crippen molar-refractivity contribution in [1.29, 1.82) is 0 Å². The Balaban J connectivity index is 0.00000220. The van der Waals surface area contributed by atoms with Crippen molar-refractivity contribution < 1.29 is 19.8 Å². The Morgan fingerprint density at radius 1 is 0.773 bits per heavy atom. The second-order valence-electron chi connectivity index (χ2n) is 3.55. The molecule has 10 heteroatoms. The molecule has 0 aliphatic heterocycles. The van der Waals surface area contributed by atoms with Gasteiger partial charge >= 0.3 is 11.9 Å². The monoisotopic (exact) mass is 342 g/mol. The summed E-state index contributed by atoms with van der Waals surface area (Å²) in [5.41, 5.74) is 0.256. The summed E-state index contributed by atoms with van der Waals surface area (Å²) in [5.74, 6) is -2.04. The Kier molecular flexibility index (Phi) is 8.12. The van der Waals surface area contributed by atoms with Crippen LogP contribution >= 0.6 is 21.6 Å². The van der Waals surface area contributed by atoms with Crippen LogP contribution in [0.4, 0.5) is 0 Å². The first-order chi connectivity index (χ1) is 9.56. The molecule has 0 amide bonds. The maximum absolute atomic E-state index is 10.7. The summed E-state index contributed by atoms with van der Waals surface area (Å²) >= 11 is 0. The highest BCUT2D eigenvalue weighted by atomic mass is 33.1. The van der Waals surface area contributed by atoms with E-state index in [0.29, 0.717) is 10.1 Å². The van der Waals surface area contributed by atoms with E-state index in [-0.39, 0.29) is 23.4 Å². The first-order valence-electron chi connectivity index (χ1n) is 5.29. The van der Waals surface area contributed by atoms with Crippen molar-refractivity contribution in [2.45, 2.75) is 10.1 Å². The maximum atomic E-state index is 10.7. The number of carbonyl (C=O) groups is 2. The number of pyridine rings is 2. The highest BCUT2D eigenvalue weighted by Gasteiger charge is 2.06. The van der Waals surface area contributed by atoms with Gasteiger partial charge < -0.3 is 22.5 Å². The molecule has 0 radical (unpaired) electrons. The Morgan fingerprint density at radius 2 is 1.14 bits per heavy atom. The minimum atomic E-state index is -1.02. The van der Waals surface area contributed by atoms with Crippen LogP contribution in [0.15, 0.2) is 46.7 Å². The zero-order chi connectivity index (χ0) is 14.5. The van der Waals surface area contributed by atoms with Gasteiger partial charge in [-0.15, -0.1) is 0 Å². The van der Waals surface area contributed by atoms with Crippen LogP contribution in [0, 0.1) is 0 Å². The smallest absolute Gasteiger partial charge is 0.337 e. The van der Waals surface area contributed by atoms with Crippen molar-refractivity contribution in [2.24, 2.45) is 0 Å². The third-order valence-corrected chi connectivity index (χ3v) is 4.36. The van der Waals surface area contributed by atoms with Crippen LogP contribution in [0.1, 0.15) is 20.7 Å². The summed E-state index contributed by atoms with van der Waals surface area (Å²) in [6, 6.07) is 6.15. The number of aromatic nitrogens is 2. The molecule has 8 nitrogen and oxygen atoms in total. The molecule has 2 rings (SSSR count). The van der Waals surface area contributed by atoms with E-state index in [4.69, 9.17) is 10.2 Å². The zero-order valence-electron chi connectivity index (χ0n) is 11.3. The minimum Gasteiger partial charge on any atom is -0.478 e. The highest BCUT2D eigenvalue weighted by molar-refractivity contribution is 8.76. The molecule has 0 fully saturated rings. The van der Waals surface area contributed by atoms with Crippen molar-refractivity contribution in [3.63, 3.8) is 0 Å². The molecule has 0 unspecified atom stereocenters. The number of aromatic carboxylic acids is 2. The molecule has 0 bridgehead atoms. The molecule has 0 saturated carbocycles. The van der Waals surface area contributed by atoms with Gasteiger partial charge in [0.25, 0.3) is 0 Å². The minimum absolute atomic E-state index is 0. The second-order valence-corrected chi connectivity index (χ2v) is 5.72. The summed E-state index contributed by atoms with van der Waals surface area (Å²) in [4.78, 5) is 29.3. The lowest BCUT2D eigenvalue weighted by atomic mass is 10.3. The molecule has 118 valence electrons. The van der Waals surface area contributed by atoms with Gasteiger partial charge in [-0.3, -0.25) is 0 Å². The van der Waals surface area contributed by atoms with Crippen molar-refractivity contribution >= 4 is 33.5 Å². The van der Waals surface area contributed by atoms with Crippen LogP contribution in [-0.4, -0.2) is 32.1 Å². The number of rotatable bonds is 5. The van der Waals surface area contributed by atoms with Crippen LogP contribution in [0.5, 0.6) is 0 Å². The van der Waals surface area contributed by atoms with Gasteiger partial charge in [0.15, 0.2) is 0 Å². The third-order valence-electron chi connectivity index (χ3n) is 2.18. The lowest BCUT2D eigenvalue weighted by Gasteiger charge is -2.01. The molecular formula is C12H14N4O4S2. The summed E-state index contributed by atoms with van der Waals surface area (Å²) in [7, 11) is 2.62. The van der Waals surface area contributed by atoms with Gasteiger partial charge in [0, 0.05) is 12.4 Å². The summed E-state index contributed by atoms with van der Waals surface area (Å²) < 4.78 is 0. The van der Waals surface area contributed by atoms with E-state index in [9.17, 15) is 9.59 Å². The maximum Gasteiger partial charge on any atom is 0.337 e. The van der Waals surface area contributed by atoms with E-state index in [1.165, 1.54) is 46.1 Å². The Bertz CT molecular complexity index is 577. The van der Waals surface area contributed by atoms with Crippen LogP contribution in [0.2, 0.25) is 0 Å². The highest BCUT2D eigenvalue weighted by Crippen LogP contribution is 2.34. The predicted octanol–water partition coefficient (Wildman–Crippen LogP) is 3.00. The molecule has 0 aliphatic rings. The number of carboxylic acid groups (broad SMARTS) is 2. The number of carboxylic acids is 2. The van der Waals surface area contributed by atoms with E-state index >= 15 is 0 Å². The van der Waals surface area contributed by atoms with Crippen LogP contribution in [-0.2, 0) is 0 Å². The third kappa shape index (κ3) is 5.33. The first kappa shape index (κ1) is 19.9. The van der Waals surface area contributed by atoms with Crippen molar-refractivity contribution in [3.05, 3.63) is 47.8 Å². The Morgan fingerprint density at radius 3 is 1.36 bits per heavy atom. The van der Waals surface area contributed by atoms with Gasteiger partial charge in [0.05, 0.1) is 11.1 Å². The Hall–Kier alpha value is -2.14. The lowest BCUT2D eigenvalue weighted by molar-refractivity contribution is 0.0685. The molecule has 0 aromatic carbocycles. The molecule has 2 heterocycles. The van der Waals surface area contributed by atoms with E-state index in [0.717, 1.165) is 0 Å².